The number of benzene rings is 1. The Kier molecular flexibility index (Phi) is 6.87. The highest BCUT2D eigenvalue weighted by atomic mass is 33.1. The van der Waals surface area contributed by atoms with Crippen molar-refractivity contribution in [1.29, 1.82) is 0 Å². The minimum atomic E-state index is -3.44. The average Bonchev–Trinajstić information content (AvgIpc) is 2.39. The molecular formula is C13H19NO4S2. The lowest BCUT2D eigenvalue weighted by molar-refractivity contribution is -0.143. The molecule has 0 bridgehead atoms. The van der Waals surface area contributed by atoms with Crippen molar-refractivity contribution in [2.45, 2.75) is 31.1 Å². The van der Waals surface area contributed by atoms with E-state index >= 15 is 0 Å². The van der Waals surface area contributed by atoms with Crippen LogP contribution in [-0.2, 0) is 18.4 Å². The number of carbonyl (C=O) groups excluding carboxylic acids is 1. The van der Waals surface area contributed by atoms with Gasteiger partial charge in [-0.05, 0) is 41.5 Å². The Morgan fingerprint density at radius 3 is 2.55 bits per heavy atom. The zero-order valence-corrected chi connectivity index (χ0v) is 13.0. The molecule has 0 heterocycles. The molecule has 0 fully saturated rings. The first-order valence-electron chi connectivity index (χ1n) is 6.36. The van der Waals surface area contributed by atoms with Gasteiger partial charge in [-0.15, -0.1) is 0 Å². The number of hydrogen-bond acceptors (Lipinski definition) is 6. The van der Waals surface area contributed by atoms with E-state index in [-0.39, 0.29) is 23.0 Å². The van der Waals surface area contributed by atoms with Crippen molar-refractivity contribution in [3.05, 3.63) is 24.3 Å². The van der Waals surface area contributed by atoms with E-state index in [1.165, 1.54) is 24.3 Å². The zero-order valence-electron chi connectivity index (χ0n) is 11.4. The van der Waals surface area contributed by atoms with E-state index in [0.29, 0.717) is 12.3 Å². The number of ether oxygens (including phenoxy) is 1. The maximum absolute atomic E-state index is 12.0. The highest BCUT2D eigenvalue weighted by molar-refractivity contribution is 8.72. The molecule has 2 N–H and O–H groups in total. The molecule has 112 valence electrons. The Labute approximate surface area is 123 Å². The van der Waals surface area contributed by atoms with Gasteiger partial charge in [0.25, 0.3) is 0 Å². The molecule has 0 spiro atoms. The smallest absolute Gasteiger partial charge is 0.306 e. The second-order valence-corrected chi connectivity index (χ2v) is 8.22. The fourth-order valence-corrected chi connectivity index (χ4v) is 4.06. The molecular weight excluding hydrogens is 298 g/mol. The summed E-state index contributed by atoms with van der Waals surface area (Å²) in [6, 6.07) is 5.98. The SMILES string of the molecule is CCCCOC(=O)CCSS(=O)(=O)c1ccc(N)cc1. The molecule has 0 radical (unpaired) electrons. The first-order valence-corrected chi connectivity index (χ1v) is 9.35. The molecule has 1 rings (SSSR count). The summed E-state index contributed by atoms with van der Waals surface area (Å²) in [5.74, 6) is -0.184. The predicted molar refractivity (Wildman–Crippen MR) is 81.0 cm³/mol. The molecule has 0 aromatic heterocycles. The lowest BCUT2D eigenvalue weighted by Crippen LogP contribution is -2.07. The Balaban J connectivity index is 2.40. The molecule has 0 aliphatic rings. The van der Waals surface area contributed by atoms with Crippen LogP contribution in [0.5, 0.6) is 0 Å². The average molecular weight is 317 g/mol. The van der Waals surface area contributed by atoms with Crippen LogP contribution < -0.4 is 5.73 Å². The number of nitrogens with two attached hydrogens (primary N) is 1. The Morgan fingerprint density at radius 2 is 1.95 bits per heavy atom. The normalized spacial score (nSPS) is 11.2. The first kappa shape index (κ1) is 16.8. The fraction of sp³-hybridized carbons (Fsp3) is 0.462. The van der Waals surface area contributed by atoms with Crippen molar-refractivity contribution in [3.8, 4) is 0 Å². The maximum Gasteiger partial charge on any atom is 0.306 e. The summed E-state index contributed by atoms with van der Waals surface area (Å²) in [7, 11) is -2.71. The molecule has 0 saturated heterocycles. The lowest BCUT2D eigenvalue weighted by atomic mass is 10.3. The maximum atomic E-state index is 12.0. The lowest BCUT2D eigenvalue weighted by Gasteiger charge is -2.05. The van der Waals surface area contributed by atoms with E-state index in [1.807, 2.05) is 6.92 Å². The van der Waals surface area contributed by atoms with Crippen LogP contribution in [0.4, 0.5) is 5.69 Å². The third-order valence-corrected chi connectivity index (χ3v) is 6.01. The van der Waals surface area contributed by atoms with Gasteiger partial charge in [-0.1, -0.05) is 13.3 Å². The minimum Gasteiger partial charge on any atom is -0.466 e. The van der Waals surface area contributed by atoms with Gasteiger partial charge >= 0.3 is 5.97 Å². The minimum absolute atomic E-state index is 0.0859. The molecule has 1 aromatic rings. The van der Waals surface area contributed by atoms with Gasteiger partial charge in [0, 0.05) is 11.4 Å². The van der Waals surface area contributed by atoms with Crippen LogP contribution in [0.15, 0.2) is 29.2 Å². The third-order valence-electron chi connectivity index (χ3n) is 2.47. The van der Waals surface area contributed by atoms with Crippen molar-refractivity contribution in [2.24, 2.45) is 0 Å². The summed E-state index contributed by atoms with van der Waals surface area (Å²) in [5.41, 5.74) is 6.01. The van der Waals surface area contributed by atoms with Crippen LogP contribution in [0.2, 0.25) is 0 Å². The van der Waals surface area contributed by atoms with Crippen LogP contribution in [-0.4, -0.2) is 26.7 Å². The Bertz CT molecular complexity index is 526. The molecule has 0 aliphatic heterocycles. The largest absolute Gasteiger partial charge is 0.466 e. The van der Waals surface area contributed by atoms with E-state index in [2.05, 4.69) is 0 Å². The molecule has 0 unspecified atom stereocenters. The summed E-state index contributed by atoms with van der Waals surface area (Å²) < 4.78 is 28.9. The van der Waals surface area contributed by atoms with Gasteiger partial charge in [0.15, 0.2) is 0 Å². The van der Waals surface area contributed by atoms with Crippen molar-refractivity contribution in [3.63, 3.8) is 0 Å². The van der Waals surface area contributed by atoms with Crippen LogP contribution in [0.25, 0.3) is 0 Å². The first-order chi connectivity index (χ1) is 9.45. The van der Waals surface area contributed by atoms with Crippen LogP contribution in [0.1, 0.15) is 26.2 Å². The second-order valence-electron chi connectivity index (χ2n) is 4.17. The molecule has 1 aromatic carbocycles. The van der Waals surface area contributed by atoms with Gasteiger partial charge in [-0.2, -0.15) is 0 Å². The number of carbonyl (C=O) groups is 1. The van der Waals surface area contributed by atoms with Crippen molar-refractivity contribution >= 4 is 31.3 Å². The number of esters is 1. The van der Waals surface area contributed by atoms with Gasteiger partial charge in [-0.3, -0.25) is 4.79 Å². The number of hydrogen-bond donors (Lipinski definition) is 1. The van der Waals surface area contributed by atoms with Crippen molar-refractivity contribution in [1.82, 2.24) is 0 Å². The number of rotatable bonds is 8. The topological polar surface area (TPSA) is 86.5 Å². The summed E-state index contributed by atoms with van der Waals surface area (Å²) >= 11 is 0. The Morgan fingerprint density at radius 1 is 1.30 bits per heavy atom. The molecule has 0 aliphatic carbocycles. The zero-order chi connectivity index (χ0) is 15.0. The summed E-state index contributed by atoms with van der Waals surface area (Å²) in [6.07, 6.45) is 1.86. The van der Waals surface area contributed by atoms with Gasteiger partial charge in [0.05, 0.1) is 17.9 Å². The van der Waals surface area contributed by atoms with Crippen LogP contribution >= 0.6 is 10.8 Å². The molecule has 0 amide bonds. The third kappa shape index (κ3) is 5.83. The predicted octanol–water partition coefficient (Wildman–Crippen LogP) is 2.42. The fourth-order valence-electron chi connectivity index (χ4n) is 1.34. The van der Waals surface area contributed by atoms with E-state index in [4.69, 9.17) is 10.5 Å². The second kappa shape index (κ2) is 8.16. The summed E-state index contributed by atoms with van der Waals surface area (Å²) in [4.78, 5) is 11.5. The number of anilines is 1. The monoisotopic (exact) mass is 317 g/mol. The standard InChI is InChI=1S/C13H19NO4S2/c1-2-3-9-18-13(15)8-10-19-20(16,17)12-6-4-11(14)5-7-12/h4-7H,2-3,8-10,14H2,1H3. The van der Waals surface area contributed by atoms with Gasteiger partial charge < -0.3 is 10.5 Å². The summed E-state index contributed by atoms with van der Waals surface area (Å²) in [6.45, 7) is 2.40. The molecule has 5 nitrogen and oxygen atoms in total. The summed E-state index contributed by atoms with van der Waals surface area (Å²) in [5, 5.41) is 0. The highest BCUT2D eigenvalue weighted by Crippen LogP contribution is 2.24. The quantitative estimate of drug-likeness (QED) is 0.343. The van der Waals surface area contributed by atoms with Crippen LogP contribution in [0.3, 0.4) is 0 Å². The molecule has 0 saturated carbocycles. The van der Waals surface area contributed by atoms with Gasteiger partial charge in [0.1, 0.15) is 0 Å². The van der Waals surface area contributed by atoms with Crippen molar-refractivity contribution < 1.29 is 17.9 Å². The molecule has 0 atom stereocenters. The van der Waals surface area contributed by atoms with Gasteiger partial charge in [0.2, 0.25) is 8.87 Å². The molecule has 20 heavy (non-hydrogen) atoms. The van der Waals surface area contributed by atoms with E-state index in [9.17, 15) is 13.2 Å². The van der Waals surface area contributed by atoms with Crippen LogP contribution in [0, 0.1) is 0 Å². The van der Waals surface area contributed by atoms with Crippen molar-refractivity contribution in [2.75, 3.05) is 18.1 Å². The number of unbranched alkanes of at least 4 members (excludes halogenated alkanes) is 1. The Hall–Kier alpha value is -1.21. The van der Waals surface area contributed by atoms with E-state index in [1.54, 1.807) is 0 Å². The number of nitrogen functional groups attached to an aromatic ring is 1. The van der Waals surface area contributed by atoms with E-state index < -0.39 is 8.87 Å². The van der Waals surface area contributed by atoms with E-state index in [0.717, 1.165) is 23.6 Å². The highest BCUT2D eigenvalue weighted by Gasteiger charge is 2.16. The molecule has 7 heteroatoms. The van der Waals surface area contributed by atoms with Gasteiger partial charge in [-0.25, -0.2) is 8.42 Å².